The maximum Gasteiger partial charge on any atom is 0.269 e. The number of imidazole rings is 1. The van der Waals surface area contributed by atoms with Crippen LogP contribution in [0.1, 0.15) is 39.3 Å². The molecule has 4 rings (SSSR count). The van der Waals surface area contributed by atoms with Crippen LogP contribution in [0.25, 0.3) is 22.3 Å². The quantitative estimate of drug-likeness (QED) is 0.455. The number of aromatic nitrogens is 5. The Balaban J connectivity index is 1.78. The number of pyridine rings is 1. The minimum absolute atomic E-state index is 0.0396. The summed E-state index contributed by atoms with van der Waals surface area (Å²) in [5.41, 5.74) is 3.12. The lowest BCUT2D eigenvalue weighted by Gasteiger charge is -2.19. The summed E-state index contributed by atoms with van der Waals surface area (Å²) in [5.74, 6) is 0.476. The van der Waals surface area contributed by atoms with Crippen LogP contribution in [0.15, 0.2) is 36.5 Å². The predicted octanol–water partition coefficient (Wildman–Crippen LogP) is 2.27. The fourth-order valence-corrected chi connectivity index (χ4v) is 3.94. The molecule has 3 aromatic heterocycles. The highest BCUT2D eigenvalue weighted by Gasteiger charge is 2.21. The molecule has 0 atom stereocenters. The number of carbonyl (C=O) groups excluding carboxylic acids is 2. The molecule has 2 N–H and O–H groups in total. The van der Waals surface area contributed by atoms with Crippen molar-refractivity contribution in [3.05, 3.63) is 59.3 Å². The summed E-state index contributed by atoms with van der Waals surface area (Å²) in [6.45, 7) is 2.40. The normalized spacial score (nSPS) is 11.1. The molecule has 176 valence electrons. The zero-order valence-electron chi connectivity index (χ0n) is 19.8. The standard InChI is InChI=1S/C24H27N7O3/c1-6-22-26-12-14(30(22)4)13-29(3)24(34)17-10-19(27-18-8-7-15(32)9-16(17)18)20-11-21(23(33)25-2)31(5)28-20/h7-12,32H,6,13H2,1-5H3,(H,25,33). The Morgan fingerprint density at radius 1 is 1.15 bits per heavy atom. The molecule has 0 bridgehead atoms. The number of rotatable bonds is 6. The number of carbonyl (C=O) groups is 2. The molecule has 1 aromatic carbocycles. The van der Waals surface area contributed by atoms with Crippen molar-refractivity contribution in [2.24, 2.45) is 14.1 Å². The van der Waals surface area contributed by atoms with Crippen molar-refractivity contribution in [1.82, 2.24) is 34.5 Å². The van der Waals surface area contributed by atoms with Gasteiger partial charge in [-0.05, 0) is 30.3 Å². The number of nitrogens with zero attached hydrogens (tertiary/aromatic N) is 6. The summed E-state index contributed by atoms with van der Waals surface area (Å²) < 4.78 is 3.46. The number of aromatic hydroxyl groups is 1. The Kier molecular flexibility index (Phi) is 6.06. The van der Waals surface area contributed by atoms with Crippen LogP contribution >= 0.6 is 0 Å². The van der Waals surface area contributed by atoms with Crippen molar-refractivity contribution in [2.75, 3.05) is 14.1 Å². The maximum absolute atomic E-state index is 13.6. The Morgan fingerprint density at radius 3 is 2.59 bits per heavy atom. The van der Waals surface area contributed by atoms with Gasteiger partial charge >= 0.3 is 0 Å². The second-order valence-electron chi connectivity index (χ2n) is 8.11. The van der Waals surface area contributed by atoms with Gasteiger partial charge in [0.15, 0.2) is 0 Å². The smallest absolute Gasteiger partial charge is 0.269 e. The second kappa shape index (κ2) is 8.97. The highest BCUT2D eigenvalue weighted by molar-refractivity contribution is 6.07. The molecular formula is C24H27N7O3. The maximum atomic E-state index is 13.6. The lowest BCUT2D eigenvalue weighted by molar-refractivity contribution is 0.0784. The van der Waals surface area contributed by atoms with Gasteiger partial charge in [-0.1, -0.05) is 6.92 Å². The first kappa shape index (κ1) is 23.0. The van der Waals surface area contributed by atoms with E-state index in [1.165, 1.54) is 16.8 Å². The third-order valence-corrected chi connectivity index (χ3v) is 5.87. The van der Waals surface area contributed by atoms with Crippen LogP contribution in [0, 0.1) is 0 Å². The first-order valence-electron chi connectivity index (χ1n) is 10.9. The van der Waals surface area contributed by atoms with Gasteiger partial charge in [-0.15, -0.1) is 0 Å². The van der Waals surface area contributed by atoms with Gasteiger partial charge in [-0.25, -0.2) is 9.97 Å². The zero-order valence-corrected chi connectivity index (χ0v) is 19.8. The van der Waals surface area contributed by atoms with Crippen molar-refractivity contribution >= 4 is 22.7 Å². The van der Waals surface area contributed by atoms with Gasteiger partial charge < -0.3 is 19.9 Å². The van der Waals surface area contributed by atoms with E-state index < -0.39 is 0 Å². The van der Waals surface area contributed by atoms with Crippen molar-refractivity contribution in [3.8, 4) is 17.1 Å². The molecule has 0 fully saturated rings. The molecule has 0 saturated carbocycles. The van der Waals surface area contributed by atoms with E-state index in [4.69, 9.17) is 0 Å². The Labute approximate surface area is 196 Å². The number of phenols is 1. The first-order valence-corrected chi connectivity index (χ1v) is 10.9. The van der Waals surface area contributed by atoms with Gasteiger partial charge in [-0.3, -0.25) is 14.3 Å². The molecule has 0 aliphatic rings. The van der Waals surface area contributed by atoms with Crippen molar-refractivity contribution < 1.29 is 14.7 Å². The minimum atomic E-state index is -0.273. The fraction of sp³-hybridized carbons (Fsp3) is 0.292. The summed E-state index contributed by atoms with van der Waals surface area (Å²) in [7, 11) is 6.88. The number of phenolic OH excluding ortho intramolecular Hbond substituents is 1. The largest absolute Gasteiger partial charge is 0.508 e. The van der Waals surface area contributed by atoms with E-state index in [9.17, 15) is 14.7 Å². The van der Waals surface area contributed by atoms with Crippen LogP contribution in [0.4, 0.5) is 0 Å². The average Bonchev–Trinajstić information content (AvgIpc) is 3.39. The highest BCUT2D eigenvalue weighted by Crippen LogP contribution is 2.28. The monoisotopic (exact) mass is 461 g/mol. The molecule has 10 heteroatoms. The number of aryl methyl sites for hydroxylation is 2. The van der Waals surface area contributed by atoms with Gasteiger partial charge in [0.05, 0.1) is 35.2 Å². The second-order valence-corrected chi connectivity index (χ2v) is 8.11. The molecule has 10 nitrogen and oxygen atoms in total. The summed E-state index contributed by atoms with van der Waals surface area (Å²) in [4.78, 5) is 36.3. The predicted molar refractivity (Wildman–Crippen MR) is 127 cm³/mol. The van der Waals surface area contributed by atoms with E-state index in [-0.39, 0.29) is 17.6 Å². The molecule has 0 unspecified atom stereocenters. The van der Waals surface area contributed by atoms with E-state index in [0.29, 0.717) is 40.1 Å². The fourth-order valence-electron chi connectivity index (χ4n) is 3.94. The van der Waals surface area contributed by atoms with E-state index in [1.54, 1.807) is 50.4 Å². The number of nitrogens with one attached hydrogen (secondary N) is 1. The number of hydrogen-bond acceptors (Lipinski definition) is 6. The van der Waals surface area contributed by atoms with Crippen molar-refractivity contribution in [3.63, 3.8) is 0 Å². The summed E-state index contributed by atoms with van der Waals surface area (Å²) in [5, 5.41) is 17.6. The minimum Gasteiger partial charge on any atom is -0.508 e. The summed E-state index contributed by atoms with van der Waals surface area (Å²) >= 11 is 0. The van der Waals surface area contributed by atoms with Gasteiger partial charge in [0.1, 0.15) is 23.0 Å². The lowest BCUT2D eigenvalue weighted by atomic mass is 10.0. The molecule has 0 aliphatic carbocycles. The first-order chi connectivity index (χ1) is 16.2. The molecule has 3 heterocycles. The van der Waals surface area contributed by atoms with Gasteiger partial charge in [0, 0.05) is 40.0 Å². The molecule has 2 amide bonds. The van der Waals surface area contributed by atoms with Gasteiger partial charge in [0.25, 0.3) is 11.8 Å². The third-order valence-electron chi connectivity index (χ3n) is 5.87. The Hall–Kier alpha value is -4.21. The molecule has 0 aliphatic heterocycles. The van der Waals surface area contributed by atoms with Gasteiger partial charge in [-0.2, -0.15) is 5.10 Å². The van der Waals surface area contributed by atoms with Crippen LogP contribution in [0.5, 0.6) is 5.75 Å². The molecule has 34 heavy (non-hydrogen) atoms. The Morgan fingerprint density at radius 2 is 1.91 bits per heavy atom. The van der Waals surface area contributed by atoms with E-state index in [0.717, 1.165) is 17.9 Å². The van der Waals surface area contributed by atoms with Crippen LogP contribution in [0.2, 0.25) is 0 Å². The van der Waals surface area contributed by atoms with Crippen molar-refractivity contribution in [2.45, 2.75) is 19.9 Å². The average molecular weight is 462 g/mol. The molecule has 4 aromatic rings. The highest BCUT2D eigenvalue weighted by atomic mass is 16.3. The number of benzene rings is 1. The summed E-state index contributed by atoms with van der Waals surface area (Å²) in [6.07, 6.45) is 2.58. The van der Waals surface area contributed by atoms with E-state index in [2.05, 4.69) is 20.4 Å². The SMILES string of the molecule is CCc1ncc(CN(C)C(=O)c2cc(-c3cc(C(=O)NC)n(C)n3)nc3ccc(O)cc23)n1C. The van der Waals surface area contributed by atoms with Crippen molar-refractivity contribution in [1.29, 1.82) is 0 Å². The van der Waals surface area contributed by atoms with Crippen LogP contribution in [-0.2, 0) is 27.1 Å². The number of amides is 2. The zero-order chi connectivity index (χ0) is 24.6. The molecular weight excluding hydrogens is 434 g/mol. The van der Waals surface area contributed by atoms with E-state index >= 15 is 0 Å². The topological polar surface area (TPSA) is 118 Å². The Bertz CT molecular complexity index is 1400. The third kappa shape index (κ3) is 4.09. The van der Waals surface area contributed by atoms with Crippen LogP contribution in [-0.4, -0.2) is 60.2 Å². The summed E-state index contributed by atoms with van der Waals surface area (Å²) in [6, 6.07) is 7.99. The van der Waals surface area contributed by atoms with Crippen LogP contribution in [0.3, 0.4) is 0 Å². The number of fused-ring (bicyclic) bond motifs is 1. The molecule has 0 spiro atoms. The van der Waals surface area contributed by atoms with Crippen LogP contribution < -0.4 is 5.32 Å². The molecule has 0 radical (unpaired) electrons. The lowest BCUT2D eigenvalue weighted by Crippen LogP contribution is -2.27. The molecule has 0 saturated heterocycles. The number of hydrogen-bond donors (Lipinski definition) is 2. The van der Waals surface area contributed by atoms with E-state index in [1.807, 2.05) is 18.5 Å². The van der Waals surface area contributed by atoms with Gasteiger partial charge in [0.2, 0.25) is 0 Å².